The zero-order valence-electron chi connectivity index (χ0n) is 15.7. The molecule has 24 heavy (non-hydrogen) atoms. The van der Waals surface area contributed by atoms with E-state index in [1.165, 1.54) is 0 Å². The lowest BCUT2D eigenvalue weighted by Gasteiger charge is -2.37. The minimum absolute atomic E-state index is 0.122. The molecule has 1 aliphatic heterocycles. The number of carbonyl (C=O) groups is 1. The fourth-order valence-corrected chi connectivity index (χ4v) is 2.91. The van der Waals surface area contributed by atoms with E-state index in [1.54, 1.807) is 4.90 Å². The van der Waals surface area contributed by atoms with Gasteiger partial charge in [-0.25, -0.2) is 4.79 Å². The van der Waals surface area contributed by atoms with Crippen LogP contribution in [-0.4, -0.2) is 56.9 Å². The number of hydrogen-bond donors (Lipinski definition) is 0. The molecule has 0 radical (unpaired) electrons. The van der Waals surface area contributed by atoms with Crippen molar-refractivity contribution in [1.82, 2.24) is 4.90 Å². The van der Waals surface area contributed by atoms with Gasteiger partial charge in [0.25, 0.3) is 0 Å². The van der Waals surface area contributed by atoms with Gasteiger partial charge in [-0.05, 0) is 38.9 Å². The maximum atomic E-state index is 12.7. The van der Waals surface area contributed by atoms with E-state index in [-0.39, 0.29) is 12.2 Å². The second-order valence-electron chi connectivity index (χ2n) is 7.22. The average Bonchev–Trinajstić information content (AvgIpc) is 2.52. The van der Waals surface area contributed by atoms with Crippen molar-refractivity contribution in [3.05, 3.63) is 24.3 Å². The SMILES string of the molecule is CC(C)CN(C(=O)OC(C)C)c1ccccc1N1CCN(C)CC1. The standard InChI is InChI=1S/C19H31N3O2/c1-15(2)14-22(19(23)24-16(3)4)18-9-7-6-8-17(18)21-12-10-20(5)11-13-21/h6-9,15-16H,10-14H2,1-5H3. The number of nitrogens with zero attached hydrogens (tertiary/aromatic N) is 3. The lowest BCUT2D eigenvalue weighted by molar-refractivity contribution is 0.122. The van der Waals surface area contributed by atoms with E-state index >= 15 is 0 Å². The molecule has 0 aromatic heterocycles. The number of para-hydroxylation sites is 2. The average molecular weight is 333 g/mol. The molecule has 1 saturated heterocycles. The molecule has 5 nitrogen and oxygen atoms in total. The lowest BCUT2D eigenvalue weighted by Crippen LogP contribution is -2.45. The van der Waals surface area contributed by atoms with Gasteiger partial charge < -0.3 is 14.5 Å². The van der Waals surface area contributed by atoms with E-state index in [0.29, 0.717) is 12.5 Å². The Labute approximate surface area is 146 Å². The molecule has 5 heteroatoms. The third-order valence-electron chi connectivity index (χ3n) is 4.12. The topological polar surface area (TPSA) is 36.0 Å². The van der Waals surface area contributed by atoms with Crippen molar-refractivity contribution < 1.29 is 9.53 Å². The largest absolute Gasteiger partial charge is 0.446 e. The van der Waals surface area contributed by atoms with Crippen molar-refractivity contribution in [3.8, 4) is 0 Å². The number of rotatable bonds is 5. The summed E-state index contributed by atoms with van der Waals surface area (Å²) in [6, 6.07) is 8.16. The summed E-state index contributed by atoms with van der Waals surface area (Å²) >= 11 is 0. The van der Waals surface area contributed by atoms with Crippen LogP contribution in [0.3, 0.4) is 0 Å². The number of anilines is 2. The van der Waals surface area contributed by atoms with Crippen LogP contribution in [0.2, 0.25) is 0 Å². The first-order chi connectivity index (χ1) is 11.4. The van der Waals surface area contributed by atoms with E-state index in [2.05, 4.69) is 36.8 Å². The van der Waals surface area contributed by atoms with Crippen LogP contribution in [0.1, 0.15) is 27.7 Å². The number of carbonyl (C=O) groups excluding carboxylic acids is 1. The van der Waals surface area contributed by atoms with Gasteiger partial charge in [0, 0.05) is 32.7 Å². The molecule has 0 aliphatic carbocycles. The molecule has 0 saturated carbocycles. The summed E-state index contributed by atoms with van der Waals surface area (Å²) in [5, 5.41) is 0. The zero-order chi connectivity index (χ0) is 17.7. The van der Waals surface area contributed by atoms with E-state index in [0.717, 1.165) is 37.6 Å². The Morgan fingerprint density at radius 1 is 1.12 bits per heavy atom. The van der Waals surface area contributed by atoms with Crippen LogP contribution >= 0.6 is 0 Å². The molecule has 1 aromatic rings. The highest BCUT2D eigenvalue weighted by Crippen LogP contribution is 2.31. The minimum atomic E-state index is -0.264. The van der Waals surface area contributed by atoms with E-state index in [1.807, 2.05) is 32.0 Å². The molecule has 1 amide bonds. The summed E-state index contributed by atoms with van der Waals surface area (Å²) in [7, 11) is 2.15. The second kappa shape index (κ2) is 8.38. The summed E-state index contributed by atoms with van der Waals surface area (Å²) in [5.41, 5.74) is 2.06. The number of ether oxygens (including phenoxy) is 1. The summed E-state index contributed by atoms with van der Waals surface area (Å²) in [4.78, 5) is 19.1. The van der Waals surface area contributed by atoms with E-state index < -0.39 is 0 Å². The second-order valence-corrected chi connectivity index (χ2v) is 7.22. The fourth-order valence-electron chi connectivity index (χ4n) is 2.91. The van der Waals surface area contributed by atoms with E-state index in [4.69, 9.17) is 4.74 Å². The Morgan fingerprint density at radius 3 is 2.33 bits per heavy atom. The van der Waals surface area contributed by atoms with Crippen LogP contribution in [0.15, 0.2) is 24.3 Å². The van der Waals surface area contributed by atoms with Gasteiger partial charge in [-0.1, -0.05) is 26.0 Å². The fraction of sp³-hybridized carbons (Fsp3) is 0.632. The van der Waals surface area contributed by atoms with Crippen LogP contribution in [-0.2, 0) is 4.74 Å². The number of likely N-dealkylation sites (N-methyl/N-ethyl adjacent to an activating group) is 1. The zero-order valence-corrected chi connectivity index (χ0v) is 15.7. The highest BCUT2D eigenvalue weighted by molar-refractivity contribution is 5.92. The Hall–Kier alpha value is -1.75. The molecule has 1 aliphatic rings. The molecule has 0 spiro atoms. The third kappa shape index (κ3) is 4.87. The minimum Gasteiger partial charge on any atom is -0.446 e. The summed E-state index contributed by atoms with van der Waals surface area (Å²) in [5.74, 6) is 0.366. The molecular weight excluding hydrogens is 302 g/mol. The molecule has 0 bridgehead atoms. The van der Waals surface area contributed by atoms with Gasteiger partial charge in [0.2, 0.25) is 0 Å². The first-order valence-electron chi connectivity index (χ1n) is 8.89. The predicted molar refractivity (Wildman–Crippen MR) is 100.0 cm³/mol. The van der Waals surface area contributed by atoms with Crippen molar-refractivity contribution in [2.24, 2.45) is 5.92 Å². The molecule has 0 N–H and O–H groups in total. The van der Waals surface area contributed by atoms with Crippen LogP contribution in [0.25, 0.3) is 0 Å². The summed E-state index contributed by atoms with van der Waals surface area (Å²) < 4.78 is 5.49. The van der Waals surface area contributed by atoms with Gasteiger partial charge >= 0.3 is 6.09 Å². The van der Waals surface area contributed by atoms with Crippen molar-refractivity contribution in [2.75, 3.05) is 49.6 Å². The van der Waals surface area contributed by atoms with Crippen molar-refractivity contribution in [3.63, 3.8) is 0 Å². The predicted octanol–water partition coefficient (Wildman–Crippen LogP) is 3.45. The first kappa shape index (κ1) is 18.6. The van der Waals surface area contributed by atoms with Gasteiger partial charge in [-0.3, -0.25) is 4.90 Å². The normalized spacial score (nSPS) is 15.9. The highest BCUT2D eigenvalue weighted by atomic mass is 16.6. The summed E-state index contributed by atoms with van der Waals surface area (Å²) in [6.45, 7) is 12.7. The Kier molecular flexibility index (Phi) is 6.49. The van der Waals surface area contributed by atoms with Crippen LogP contribution in [0, 0.1) is 5.92 Å². The van der Waals surface area contributed by atoms with Gasteiger partial charge in [0.1, 0.15) is 0 Å². The maximum absolute atomic E-state index is 12.7. The van der Waals surface area contributed by atoms with Gasteiger partial charge in [0.15, 0.2) is 0 Å². The first-order valence-corrected chi connectivity index (χ1v) is 8.89. The molecule has 1 aromatic carbocycles. The Morgan fingerprint density at radius 2 is 1.75 bits per heavy atom. The van der Waals surface area contributed by atoms with E-state index in [9.17, 15) is 4.79 Å². The van der Waals surface area contributed by atoms with Crippen molar-refractivity contribution >= 4 is 17.5 Å². The number of piperazine rings is 1. The smallest absolute Gasteiger partial charge is 0.414 e. The lowest BCUT2D eigenvalue weighted by atomic mass is 10.1. The monoisotopic (exact) mass is 333 g/mol. The molecule has 1 fully saturated rings. The molecule has 2 rings (SSSR count). The molecule has 1 heterocycles. The van der Waals surface area contributed by atoms with Crippen LogP contribution in [0.4, 0.5) is 16.2 Å². The molecular formula is C19H31N3O2. The highest BCUT2D eigenvalue weighted by Gasteiger charge is 2.25. The van der Waals surface area contributed by atoms with Gasteiger partial charge in [-0.15, -0.1) is 0 Å². The number of benzene rings is 1. The van der Waals surface area contributed by atoms with Crippen LogP contribution in [0.5, 0.6) is 0 Å². The van der Waals surface area contributed by atoms with Crippen molar-refractivity contribution in [2.45, 2.75) is 33.8 Å². The molecule has 0 atom stereocenters. The van der Waals surface area contributed by atoms with Gasteiger partial charge in [-0.2, -0.15) is 0 Å². The maximum Gasteiger partial charge on any atom is 0.414 e. The Balaban J connectivity index is 2.30. The summed E-state index contributed by atoms with van der Waals surface area (Å²) in [6.07, 6.45) is -0.386. The van der Waals surface area contributed by atoms with Crippen LogP contribution < -0.4 is 9.80 Å². The quantitative estimate of drug-likeness (QED) is 0.827. The number of hydrogen-bond acceptors (Lipinski definition) is 4. The molecule has 0 unspecified atom stereocenters. The molecule has 134 valence electrons. The van der Waals surface area contributed by atoms with Gasteiger partial charge in [0.05, 0.1) is 17.5 Å². The third-order valence-corrected chi connectivity index (χ3v) is 4.12. The Bertz CT molecular complexity index is 537. The number of amides is 1. The van der Waals surface area contributed by atoms with Crippen molar-refractivity contribution in [1.29, 1.82) is 0 Å².